The second-order valence-corrected chi connectivity index (χ2v) is 7.39. The molecule has 1 aliphatic rings. The molecular weight excluding hydrogens is 372 g/mol. The van der Waals surface area contributed by atoms with Crippen molar-refractivity contribution in [2.24, 2.45) is 11.7 Å². The maximum absolute atomic E-state index is 12.2. The molecule has 26 heavy (non-hydrogen) atoms. The number of nitrogens with zero attached hydrogens (tertiary/aromatic N) is 1. The fourth-order valence-electron chi connectivity index (χ4n) is 2.63. The van der Waals surface area contributed by atoms with Gasteiger partial charge in [-0.15, -0.1) is 0 Å². The van der Waals surface area contributed by atoms with Crippen LogP contribution in [0.2, 0.25) is 0 Å². The molecule has 2 N–H and O–H groups in total. The van der Waals surface area contributed by atoms with Gasteiger partial charge in [0.2, 0.25) is 10.3 Å². The number of thioether (sulfide) groups is 1. The highest BCUT2D eigenvalue weighted by atomic mass is 32.2. The maximum atomic E-state index is 12.2. The molecular formula is C18H16N2O4S2. The largest absolute Gasteiger partial charge is 0.468 e. The molecule has 2 aromatic rings. The lowest BCUT2D eigenvalue weighted by molar-refractivity contribution is -0.141. The summed E-state index contributed by atoms with van der Waals surface area (Å²) in [7, 11) is -1.45. The number of esters is 1. The van der Waals surface area contributed by atoms with E-state index in [2.05, 4.69) is 0 Å². The number of rotatable bonds is 4. The number of methoxy groups -OCH3 is 1. The van der Waals surface area contributed by atoms with Crippen molar-refractivity contribution in [3.63, 3.8) is 0 Å². The molecule has 0 saturated carbocycles. The van der Waals surface area contributed by atoms with Crippen LogP contribution in [0.3, 0.4) is 0 Å². The maximum Gasteiger partial charge on any atom is 0.318 e. The molecule has 0 amide bonds. The first-order chi connectivity index (χ1) is 12.5. The lowest BCUT2D eigenvalue weighted by atomic mass is 9.96. The molecule has 8 heteroatoms. The van der Waals surface area contributed by atoms with E-state index in [0.717, 1.165) is 4.90 Å². The summed E-state index contributed by atoms with van der Waals surface area (Å²) in [5, 5.41) is 0. The zero-order valence-corrected chi connectivity index (χ0v) is 15.5. The monoisotopic (exact) mass is 388 g/mol. The number of carbonyl (C=O) groups is 1. The van der Waals surface area contributed by atoms with Gasteiger partial charge in [0.05, 0.1) is 23.4 Å². The molecule has 0 radical (unpaired) electrons. The second-order valence-electron chi connectivity index (χ2n) is 5.40. The Morgan fingerprint density at radius 3 is 2.38 bits per heavy atom. The van der Waals surface area contributed by atoms with Crippen molar-refractivity contribution in [2.75, 3.05) is 7.11 Å². The van der Waals surface area contributed by atoms with Gasteiger partial charge in [0.25, 0.3) is 0 Å². The summed E-state index contributed by atoms with van der Waals surface area (Å²) in [6.07, 6.45) is 5.18. The van der Waals surface area contributed by atoms with Crippen molar-refractivity contribution in [1.82, 2.24) is 4.57 Å². The fraction of sp³-hybridized carbons (Fsp3) is 0.111. The van der Waals surface area contributed by atoms with E-state index in [1.54, 1.807) is 23.0 Å². The standard InChI is InChI=1S/C18H16N2O4S2/c1-24-18(21)13-11-14(20-9-5-6-10-20)16(15(19)17(13)26(22)23)25-12-7-3-2-4-8-12/h2-11,13H,19H2,1H3. The summed E-state index contributed by atoms with van der Waals surface area (Å²) in [5.74, 6) is -1.77. The predicted octanol–water partition coefficient (Wildman–Crippen LogP) is 2.15. The van der Waals surface area contributed by atoms with E-state index in [1.807, 2.05) is 42.5 Å². The minimum Gasteiger partial charge on any atom is -0.468 e. The van der Waals surface area contributed by atoms with Crippen molar-refractivity contribution in [2.45, 2.75) is 4.90 Å². The molecule has 0 bridgehead atoms. The van der Waals surface area contributed by atoms with Crippen LogP contribution in [0.1, 0.15) is 0 Å². The molecule has 1 unspecified atom stereocenters. The first-order valence-electron chi connectivity index (χ1n) is 7.65. The Bertz CT molecular complexity index is 1010. The summed E-state index contributed by atoms with van der Waals surface area (Å²) in [6, 6.07) is 13.1. The number of allylic oxidation sites excluding steroid dienone is 2. The summed E-state index contributed by atoms with van der Waals surface area (Å²) < 4.78 is 30.1. The number of ether oxygens (including phenoxy) is 1. The van der Waals surface area contributed by atoms with Gasteiger partial charge in [0.1, 0.15) is 10.8 Å². The molecule has 1 aromatic heterocycles. The van der Waals surface area contributed by atoms with E-state index < -0.39 is 22.2 Å². The van der Waals surface area contributed by atoms with E-state index in [0.29, 0.717) is 10.6 Å². The van der Waals surface area contributed by atoms with Gasteiger partial charge < -0.3 is 15.0 Å². The molecule has 1 atom stereocenters. The molecule has 0 saturated heterocycles. The average Bonchev–Trinajstić information content (AvgIpc) is 3.17. The van der Waals surface area contributed by atoms with E-state index in [4.69, 9.17) is 10.5 Å². The van der Waals surface area contributed by atoms with Gasteiger partial charge in [0, 0.05) is 17.3 Å². The zero-order valence-electron chi connectivity index (χ0n) is 13.8. The van der Waals surface area contributed by atoms with E-state index in [1.165, 1.54) is 18.9 Å². The van der Waals surface area contributed by atoms with Gasteiger partial charge in [-0.2, -0.15) is 8.42 Å². The molecule has 3 rings (SSSR count). The minimum absolute atomic E-state index is 0.0498. The van der Waals surface area contributed by atoms with Crippen LogP contribution in [0.5, 0.6) is 0 Å². The van der Waals surface area contributed by atoms with Crippen molar-refractivity contribution < 1.29 is 17.9 Å². The molecule has 0 aliphatic heterocycles. The van der Waals surface area contributed by atoms with Crippen LogP contribution in [0.25, 0.3) is 5.70 Å². The van der Waals surface area contributed by atoms with Crippen LogP contribution in [-0.4, -0.2) is 30.9 Å². The Kier molecular flexibility index (Phi) is 5.34. The van der Waals surface area contributed by atoms with Gasteiger partial charge >= 0.3 is 5.97 Å². The second kappa shape index (κ2) is 7.67. The Morgan fingerprint density at radius 1 is 1.15 bits per heavy atom. The Morgan fingerprint density at radius 2 is 1.81 bits per heavy atom. The third-order valence-electron chi connectivity index (χ3n) is 3.83. The SMILES string of the molecule is COC(=O)C1C=C(n2cccc2)C(Sc2ccccc2)=C(N)C1=S(=O)=O. The van der Waals surface area contributed by atoms with E-state index in [9.17, 15) is 13.2 Å². The highest BCUT2D eigenvalue weighted by Gasteiger charge is 2.34. The van der Waals surface area contributed by atoms with Gasteiger partial charge in [0.15, 0.2) is 0 Å². The number of benzene rings is 1. The van der Waals surface area contributed by atoms with Crippen molar-refractivity contribution in [3.05, 3.63) is 71.5 Å². The average molecular weight is 388 g/mol. The van der Waals surface area contributed by atoms with Crippen molar-refractivity contribution >= 4 is 38.6 Å². The third-order valence-corrected chi connectivity index (χ3v) is 5.80. The third kappa shape index (κ3) is 3.47. The number of hydrogen-bond donors (Lipinski definition) is 1. The van der Waals surface area contributed by atoms with E-state index >= 15 is 0 Å². The lowest BCUT2D eigenvalue weighted by Gasteiger charge is -2.24. The quantitative estimate of drug-likeness (QED) is 0.637. The molecule has 1 aliphatic carbocycles. The summed E-state index contributed by atoms with van der Waals surface area (Å²) in [6.45, 7) is 0. The fourth-order valence-corrected chi connectivity index (χ4v) is 4.38. The molecule has 0 spiro atoms. The van der Waals surface area contributed by atoms with Gasteiger partial charge in [-0.1, -0.05) is 30.0 Å². The Hall–Kier alpha value is -2.71. The number of carbonyl (C=O) groups excluding carboxylic acids is 1. The smallest absolute Gasteiger partial charge is 0.318 e. The van der Waals surface area contributed by atoms with Gasteiger partial charge in [-0.25, -0.2) is 0 Å². The first-order valence-corrected chi connectivity index (χ1v) is 9.54. The Labute approximate surface area is 156 Å². The topological polar surface area (TPSA) is 91.4 Å². The Balaban J connectivity index is 2.20. The van der Waals surface area contributed by atoms with Crippen molar-refractivity contribution in [1.29, 1.82) is 0 Å². The highest BCUT2D eigenvalue weighted by molar-refractivity contribution is 8.03. The first kappa shape index (κ1) is 18.1. The molecule has 6 nitrogen and oxygen atoms in total. The van der Waals surface area contributed by atoms with Gasteiger partial charge in [-0.3, -0.25) is 4.79 Å². The highest BCUT2D eigenvalue weighted by Crippen LogP contribution is 2.39. The number of aromatic nitrogens is 1. The van der Waals surface area contributed by atoms with Crippen LogP contribution in [-0.2, 0) is 19.8 Å². The number of hydrogen-bond acceptors (Lipinski definition) is 6. The minimum atomic E-state index is -2.66. The van der Waals surface area contributed by atoms with Crippen LogP contribution < -0.4 is 5.73 Å². The summed E-state index contributed by atoms with van der Waals surface area (Å²) >= 11 is 1.34. The van der Waals surface area contributed by atoms with Crippen LogP contribution in [0.4, 0.5) is 0 Å². The zero-order chi connectivity index (χ0) is 18.7. The predicted molar refractivity (Wildman–Crippen MR) is 102 cm³/mol. The molecule has 134 valence electrons. The van der Waals surface area contributed by atoms with Gasteiger partial charge in [-0.05, 0) is 30.3 Å². The van der Waals surface area contributed by atoms with Crippen LogP contribution in [0.15, 0.2) is 76.4 Å². The van der Waals surface area contributed by atoms with Crippen molar-refractivity contribution in [3.8, 4) is 0 Å². The molecule has 0 fully saturated rings. The normalized spacial score (nSPS) is 17.0. The van der Waals surface area contributed by atoms with Crippen LogP contribution >= 0.6 is 11.8 Å². The summed E-state index contributed by atoms with van der Waals surface area (Å²) in [5.41, 5.74) is 6.90. The number of nitrogens with two attached hydrogens (primary N) is 1. The van der Waals surface area contributed by atoms with E-state index in [-0.39, 0.29) is 10.6 Å². The molecule has 1 aromatic carbocycles. The molecule has 1 heterocycles. The van der Waals surface area contributed by atoms with Crippen LogP contribution in [0, 0.1) is 5.92 Å². The lowest BCUT2D eigenvalue weighted by Crippen LogP contribution is -2.33. The summed E-state index contributed by atoms with van der Waals surface area (Å²) in [4.78, 5) is 13.4.